The Bertz CT molecular complexity index is 415. The minimum atomic E-state index is 0.158. The van der Waals surface area contributed by atoms with E-state index in [9.17, 15) is 0 Å². The standard InChI is InChI=1S/C9H9N5/c10-9-13-8(6-11-14-9)12-7-4-2-1-3-5-7/h1-6H,(H3,10,12,13,14). The van der Waals surface area contributed by atoms with E-state index < -0.39 is 0 Å². The molecule has 0 unspecified atom stereocenters. The van der Waals surface area contributed by atoms with Crippen LogP contribution < -0.4 is 11.1 Å². The molecule has 5 heteroatoms. The zero-order valence-corrected chi connectivity index (χ0v) is 7.38. The molecule has 1 aromatic heterocycles. The molecule has 0 aliphatic rings. The Kier molecular flexibility index (Phi) is 2.22. The SMILES string of the molecule is Nc1nncc(Nc2ccccc2)n1. The molecule has 0 saturated heterocycles. The van der Waals surface area contributed by atoms with Crippen molar-refractivity contribution in [2.24, 2.45) is 0 Å². The van der Waals surface area contributed by atoms with E-state index in [0.29, 0.717) is 5.82 Å². The van der Waals surface area contributed by atoms with Gasteiger partial charge < -0.3 is 11.1 Å². The van der Waals surface area contributed by atoms with E-state index in [4.69, 9.17) is 5.73 Å². The summed E-state index contributed by atoms with van der Waals surface area (Å²) in [6, 6.07) is 9.66. The van der Waals surface area contributed by atoms with Gasteiger partial charge in [0.2, 0.25) is 5.95 Å². The summed E-state index contributed by atoms with van der Waals surface area (Å²) in [5, 5.41) is 10.3. The lowest BCUT2D eigenvalue weighted by Gasteiger charge is -2.03. The summed E-state index contributed by atoms with van der Waals surface area (Å²) >= 11 is 0. The molecule has 0 aliphatic carbocycles. The average molecular weight is 187 g/mol. The van der Waals surface area contributed by atoms with Crippen LogP contribution in [0.2, 0.25) is 0 Å². The lowest BCUT2D eigenvalue weighted by atomic mass is 10.3. The number of nitrogen functional groups attached to an aromatic ring is 1. The molecule has 14 heavy (non-hydrogen) atoms. The Morgan fingerprint density at radius 3 is 2.64 bits per heavy atom. The number of rotatable bonds is 2. The first-order valence-electron chi connectivity index (χ1n) is 4.12. The van der Waals surface area contributed by atoms with Gasteiger partial charge in [-0.2, -0.15) is 10.1 Å². The number of nitrogens with zero attached hydrogens (tertiary/aromatic N) is 3. The zero-order valence-electron chi connectivity index (χ0n) is 7.38. The van der Waals surface area contributed by atoms with Crippen molar-refractivity contribution < 1.29 is 0 Å². The van der Waals surface area contributed by atoms with Gasteiger partial charge in [0.1, 0.15) is 0 Å². The molecule has 1 heterocycles. The van der Waals surface area contributed by atoms with Crippen molar-refractivity contribution in [2.45, 2.75) is 0 Å². The maximum absolute atomic E-state index is 5.39. The molecule has 0 amide bonds. The predicted octanol–water partition coefficient (Wildman–Crippen LogP) is 1.20. The van der Waals surface area contributed by atoms with Crippen LogP contribution in [-0.4, -0.2) is 15.2 Å². The molecule has 2 rings (SSSR count). The number of hydrogen-bond donors (Lipinski definition) is 2. The number of nitrogens with two attached hydrogens (primary N) is 1. The Balaban J connectivity index is 2.19. The lowest BCUT2D eigenvalue weighted by molar-refractivity contribution is 0.989. The van der Waals surface area contributed by atoms with Crippen molar-refractivity contribution in [2.75, 3.05) is 11.1 Å². The molecule has 0 bridgehead atoms. The van der Waals surface area contributed by atoms with Crippen LogP contribution in [0.1, 0.15) is 0 Å². The van der Waals surface area contributed by atoms with Gasteiger partial charge in [-0.1, -0.05) is 18.2 Å². The summed E-state index contributed by atoms with van der Waals surface area (Å²) in [5.74, 6) is 0.745. The highest BCUT2D eigenvalue weighted by Gasteiger charge is 1.96. The van der Waals surface area contributed by atoms with Gasteiger partial charge in [-0.05, 0) is 12.1 Å². The first-order chi connectivity index (χ1) is 6.84. The topological polar surface area (TPSA) is 76.7 Å². The van der Waals surface area contributed by atoms with Gasteiger partial charge in [-0.3, -0.25) is 0 Å². The Hall–Kier alpha value is -2.17. The maximum Gasteiger partial charge on any atom is 0.242 e. The van der Waals surface area contributed by atoms with Crippen LogP contribution >= 0.6 is 0 Å². The molecule has 0 spiro atoms. The molecule has 1 aromatic carbocycles. The zero-order chi connectivity index (χ0) is 9.80. The van der Waals surface area contributed by atoms with Gasteiger partial charge in [0, 0.05) is 5.69 Å². The van der Waals surface area contributed by atoms with E-state index in [1.54, 1.807) is 0 Å². The smallest absolute Gasteiger partial charge is 0.242 e. The second-order valence-electron chi connectivity index (χ2n) is 2.69. The van der Waals surface area contributed by atoms with Gasteiger partial charge in [0.15, 0.2) is 5.82 Å². The number of nitrogens with one attached hydrogen (secondary N) is 1. The predicted molar refractivity (Wildman–Crippen MR) is 54.0 cm³/mol. The highest BCUT2D eigenvalue weighted by atomic mass is 15.2. The molecule has 0 atom stereocenters. The normalized spacial score (nSPS) is 9.71. The van der Waals surface area contributed by atoms with Gasteiger partial charge in [-0.25, -0.2) is 0 Å². The summed E-state index contributed by atoms with van der Waals surface area (Å²) in [5.41, 5.74) is 6.32. The first kappa shape index (κ1) is 8.43. The molecule has 2 aromatic rings. The number of benzene rings is 1. The van der Waals surface area contributed by atoms with E-state index in [0.717, 1.165) is 5.69 Å². The van der Waals surface area contributed by atoms with E-state index in [1.165, 1.54) is 6.20 Å². The van der Waals surface area contributed by atoms with Crippen molar-refractivity contribution in [1.82, 2.24) is 15.2 Å². The fraction of sp³-hybridized carbons (Fsp3) is 0. The average Bonchev–Trinajstić information content (AvgIpc) is 2.19. The van der Waals surface area contributed by atoms with Crippen LogP contribution in [-0.2, 0) is 0 Å². The Morgan fingerprint density at radius 2 is 1.93 bits per heavy atom. The molecule has 0 fully saturated rings. The Labute approximate surface area is 81.0 Å². The maximum atomic E-state index is 5.39. The number of anilines is 3. The molecular formula is C9H9N5. The van der Waals surface area contributed by atoms with Gasteiger partial charge >= 0.3 is 0 Å². The second kappa shape index (κ2) is 3.69. The second-order valence-corrected chi connectivity index (χ2v) is 2.69. The van der Waals surface area contributed by atoms with Gasteiger partial charge in [0.25, 0.3) is 0 Å². The number of aromatic nitrogens is 3. The van der Waals surface area contributed by atoms with Crippen molar-refractivity contribution in [3.8, 4) is 0 Å². The molecule has 0 radical (unpaired) electrons. The summed E-state index contributed by atoms with van der Waals surface area (Å²) < 4.78 is 0. The first-order valence-corrected chi connectivity index (χ1v) is 4.12. The van der Waals surface area contributed by atoms with Crippen molar-refractivity contribution in [3.63, 3.8) is 0 Å². The minimum absolute atomic E-state index is 0.158. The van der Waals surface area contributed by atoms with Crippen LogP contribution in [0, 0.1) is 0 Å². The molecule has 0 aliphatic heterocycles. The fourth-order valence-corrected chi connectivity index (χ4v) is 1.05. The molecule has 0 saturated carbocycles. The Morgan fingerprint density at radius 1 is 1.14 bits per heavy atom. The lowest BCUT2D eigenvalue weighted by Crippen LogP contribution is -2.00. The third kappa shape index (κ3) is 1.95. The highest BCUT2D eigenvalue weighted by Crippen LogP contribution is 2.12. The summed E-state index contributed by atoms with van der Waals surface area (Å²) in [6.07, 6.45) is 1.52. The monoisotopic (exact) mass is 187 g/mol. The van der Waals surface area contributed by atoms with Crippen LogP contribution in [0.25, 0.3) is 0 Å². The quantitative estimate of drug-likeness (QED) is 0.738. The summed E-state index contributed by atoms with van der Waals surface area (Å²) in [6.45, 7) is 0. The van der Waals surface area contributed by atoms with Crippen LogP contribution in [0.3, 0.4) is 0 Å². The number of para-hydroxylation sites is 1. The van der Waals surface area contributed by atoms with Gasteiger partial charge in [-0.15, -0.1) is 5.10 Å². The highest BCUT2D eigenvalue weighted by molar-refractivity contribution is 5.55. The third-order valence-electron chi connectivity index (χ3n) is 1.62. The van der Waals surface area contributed by atoms with Crippen molar-refractivity contribution in [1.29, 1.82) is 0 Å². The molecule has 70 valence electrons. The van der Waals surface area contributed by atoms with E-state index >= 15 is 0 Å². The largest absolute Gasteiger partial charge is 0.366 e. The summed E-state index contributed by atoms with van der Waals surface area (Å²) in [7, 11) is 0. The van der Waals surface area contributed by atoms with Crippen molar-refractivity contribution >= 4 is 17.5 Å². The van der Waals surface area contributed by atoms with Crippen LogP contribution in [0.15, 0.2) is 36.5 Å². The van der Waals surface area contributed by atoms with Gasteiger partial charge in [0.05, 0.1) is 6.20 Å². The fourth-order valence-electron chi connectivity index (χ4n) is 1.05. The van der Waals surface area contributed by atoms with Crippen LogP contribution in [0.5, 0.6) is 0 Å². The van der Waals surface area contributed by atoms with Crippen molar-refractivity contribution in [3.05, 3.63) is 36.5 Å². The molecule has 5 nitrogen and oxygen atoms in total. The van der Waals surface area contributed by atoms with E-state index in [-0.39, 0.29) is 5.95 Å². The molecular weight excluding hydrogens is 178 g/mol. The van der Waals surface area contributed by atoms with E-state index in [2.05, 4.69) is 20.5 Å². The summed E-state index contributed by atoms with van der Waals surface area (Å²) in [4.78, 5) is 3.96. The number of hydrogen-bond acceptors (Lipinski definition) is 5. The minimum Gasteiger partial charge on any atom is -0.366 e. The van der Waals surface area contributed by atoms with E-state index in [1.807, 2.05) is 30.3 Å². The third-order valence-corrected chi connectivity index (χ3v) is 1.62. The molecule has 3 N–H and O–H groups in total. The van der Waals surface area contributed by atoms with Crippen LogP contribution in [0.4, 0.5) is 17.5 Å².